The minimum Gasteiger partial charge on any atom is -0.314 e. The second kappa shape index (κ2) is 9.32. The van der Waals surface area contributed by atoms with Gasteiger partial charge in [0.2, 0.25) is 0 Å². The highest BCUT2D eigenvalue weighted by Crippen LogP contribution is 2.39. The van der Waals surface area contributed by atoms with Crippen LogP contribution in [0.2, 0.25) is 0 Å². The molecule has 5 rings (SSSR count). The van der Waals surface area contributed by atoms with E-state index < -0.39 is 0 Å². The zero-order valence-electron chi connectivity index (χ0n) is 16.6. The third-order valence-corrected chi connectivity index (χ3v) is 6.16. The first-order valence-electron chi connectivity index (χ1n) is 10.1. The Hall–Kier alpha value is -1.84. The van der Waals surface area contributed by atoms with Crippen molar-refractivity contribution in [3.8, 4) is 0 Å². The minimum absolute atomic E-state index is 0. The lowest BCUT2D eigenvalue weighted by Crippen LogP contribution is -2.45. The fourth-order valence-electron chi connectivity index (χ4n) is 4.85. The average Bonchev–Trinajstić information content (AvgIpc) is 2.74. The van der Waals surface area contributed by atoms with Crippen LogP contribution in [-0.4, -0.2) is 31.1 Å². The van der Waals surface area contributed by atoms with E-state index in [4.69, 9.17) is 0 Å². The Labute approximate surface area is 185 Å². The molecule has 0 aliphatic carbocycles. The molecule has 1 aliphatic rings. The van der Waals surface area contributed by atoms with Gasteiger partial charge in [-0.2, -0.15) is 0 Å². The number of piperazine rings is 1. The van der Waals surface area contributed by atoms with Gasteiger partial charge in [0.1, 0.15) is 0 Å². The van der Waals surface area contributed by atoms with E-state index in [0.717, 1.165) is 39.0 Å². The van der Waals surface area contributed by atoms with Crippen molar-refractivity contribution in [2.24, 2.45) is 0 Å². The second-order valence-corrected chi connectivity index (χ2v) is 7.68. The maximum Gasteiger partial charge on any atom is 0.0358 e. The summed E-state index contributed by atoms with van der Waals surface area (Å²) in [6.45, 7) is 8.36. The van der Waals surface area contributed by atoms with Crippen LogP contribution in [0.4, 0.5) is 0 Å². The van der Waals surface area contributed by atoms with E-state index in [1.807, 2.05) is 0 Å². The molecular formula is C25H28Cl2N2. The van der Waals surface area contributed by atoms with Crippen LogP contribution in [0.5, 0.6) is 0 Å². The predicted molar refractivity (Wildman–Crippen MR) is 131 cm³/mol. The zero-order chi connectivity index (χ0) is 18.2. The molecule has 4 heteroatoms. The summed E-state index contributed by atoms with van der Waals surface area (Å²) in [5.74, 6) is 0. The summed E-state index contributed by atoms with van der Waals surface area (Å²) in [5, 5.41) is 11.8. The molecule has 2 nitrogen and oxygen atoms in total. The Morgan fingerprint density at radius 3 is 2.17 bits per heavy atom. The maximum atomic E-state index is 3.97. The van der Waals surface area contributed by atoms with E-state index in [1.54, 1.807) is 0 Å². The van der Waals surface area contributed by atoms with Gasteiger partial charge in [0.05, 0.1) is 0 Å². The Bertz CT molecular complexity index is 1090. The quantitative estimate of drug-likeness (QED) is 0.295. The van der Waals surface area contributed by atoms with Crippen molar-refractivity contribution in [2.45, 2.75) is 18.9 Å². The van der Waals surface area contributed by atoms with Crippen LogP contribution in [0.25, 0.3) is 32.3 Å². The lowest BCUT2D eigenvalue weighted by Gasteiger charge is -2.36. The van der Waals surface area contributed by atoms with Gasteiger partial charge in [-0.1, -0.05) is 60.7 Å². The van der Waals surface area contributed by atoms with Gasteiger partial charge >= 0.3 is 0 Å². The lowest BCUT2D eigenvalue weighted by atomic mass is 9.88. The van der Waals surface area contributed by atoms with Crippen LogP contribution >= 0.6 is 24.8 Å². The summed E-state index contributed by atoms with van der Waals surface area (Å²) >= 11 is 0. The number of nitrogens with zero attached hydrogens (tertiary/aromatic N) is 1. The predicted octanol–water partition coefficient (Wildman–Crippen LogP) is 6.34. The summed E-state index contributed by atoms with van der Waals surface area (Å²) in [4.78, 5) is 2.66. The molecular weight excluding hydrogens is 399 g/mol. The summed E-state index contributed by atoms with van der Waals surface area (Å²) < 4.78 is 0. The van der Waals surface area contributed by atoms with Gasteiger partial charge in [0.25, 0.3) is 0 Å². The van der Waals surface area contributed by atoms with Gasteiger partial charge in [0, 0.05) is 32.2 Å². The van der Waals surface area contributed by atoms with Crippen LogP contribution in [-0.2, 0) is 0 Å². The molecule has 4 aromatic rings. The van der Waals surface area contributed by atoms with E-state index in [0.29, 0.717) is 6.04 Å². The maximum absolute atomic E-state index is 3.97. The average molecular weight is 427 g/mol. The summed E-state index contributed by atoms with van der Waals surface area (Å²) in [6.07, 6.45) is 4.25. The van der Waals surface area contributed by atoms with Gasteiger partial charge in [-0.25, -0.2) is 0 Å². The van der Waals surface area contributed by atoms with Crippen molar-refractivity contribution in [2.75, 3.05) is 26.2 Å². The minimum atomic E-state index is 0. The molecule has 1 heterocycles. The van der Waals surface area contributed by atoms with Crippen LogP contribution in [0.1, 0.15) is 24.4 Å². The van der Waals surface area contributed by atoms with Crippen molar-refractivity contribution in [3.05, 3.63) is 72.8 Å². The van der Waals surface area contributed by atoms with Gasteiger partial charge < -0.3 is 5.32 Å². The molecule has 0 saturated carbocycles. The largest absolute Gasteiger partial charge is 0.314 e. The molecule has 29 heavy (non-hydrogen) atoms. The first kappa shape index (κ1) is 21.9. The topological polar surface area (TPSA) is 15.3 Å². The molecule has 1 atom stereocenters. The summed E-state index contributed by atoms with van der Waals surface area (Å²) in [5.41, 5.74) is 1.48. The number of allylic oxidation sites excluding steroid dienone is 1. The Morgan fingerprint density at radius 1 is 0.862 bits per heavy atom. The smallest absolute Gasteiger partial charge is 0.0358 e. The van der Waals surface area contributed by atoms with Gasteiger partial charge in [-0.15, -0.1) is 31.4 Å². The molecule has 1 saturated heterocycles. The molecule has 0 aromatic heterocycles. The van der Waals surface area contributed by atoms with Crippen LogP contribution in [0.15, 0.2) is 67.3 Å². The van der Waals surface area contributed by atoms with Gasteiger partial charge in [-0.3, -0.25) is 4.90 Å². The standard InChI is InChI=1S/C25H26N2.2ClH/c1-2-3-7-23(27-16-14-26-15-17-27)21-12-10-20-9-8-18-5-4-6-19-11-13-22(21)25(20)24(18)19;;/h2,4-6,8-13,23,26H,1,3,7,14-17H2;2*1H/t23-;;/m1../s1. The molecule has 0 amide bonds. The molecule has 1 N–H and O–H groups in total. The Kier molecular flexibility index (Phi) is 7.02. The number of hydrogen-bond acceptors (Lipinski definition) is 2. The van der Waals surface area contributed by atoms with E-state index in [-0.39, 0.29) is 24.8 Å². The van der Waals surface area contributed by atoms with Crippen LogP contribution in [0, 0.1) is 0 Å². The van der Waals surface area contributed by atoms with Gasteiger partial charge in [-0.05, 0) is 50.7 Å². The Balaban J connectivity index is 0.00000120. The first-order valence-corrected chi connectivity index (χ1v) is 10.1. The van der Waals surface area contributed by atoms with E-state index >= 15 is 0 Å². The van der Waals surface area contributed by atoms with Crippen molar-refractivity contribution >= 4 is 57.1 Å². The normalized spacial score (nSPS) is 15.9. The molecule has 152 valence electrons. The third kappa shape index (κ3) is 3.83. The van der Waals surface area contributed by atoms with E-state index in [2.05, 4.69) is 77.5 Å². The van der Waals surface area contributed by atoms with E-state index in [1.165, 1.54) is 37.9 Å². The zero-order valence-corrected chi connectivity index (χ0v) is 18.2. The highest BCUT2D eigenvalue weighted by molar-refractivity contribution is 6.23. The number of rotatable bonds is 5. The monoisotopic (exact) mass is 426 g/mol. The van der Waals surface area contributed by atoms with Crippen molar-refractivity contribution < 1.29 is 0 Å². The highest BCUT2D eigenvalue weighted by Gasteiger charge is 2.24. The fraction of sp³-hybridized carbons (Fsp3) is 0.280. The molecule has 0 unspecified atom stereocenters. The number of benzene rings is 4. The van der Waals surface area contributed by atoms with Crippen molar-refractivity contribution in [1.29, 1.82) is 0 Å². The number of halogens is 2. The summed E-state index contributed by atoms with van der Waals surface area (Å²) in [7, 11) is 0. The molecule has 1 aliphatic heterocycles. The highest BCUT2D eigenvalue weighted by atomic mass is 35.5. The summed E-state index contributed by atoms with van der Waals surface area (Å²) in [6, 6.07) is 21.0. The van der Waals surface area contributed by atoms with Crippen molar-refractivity contribution in [1.82, 2.24) is 10.2 Å². The van der Waals surface area contributed by atoms with Crippen LogP contribution < -0.4 is 5.32 Å². The number of nitrogens with one attached hydrogen (secondary N) is 1. The molecule has 4 aromatic carbocycles. The molecule has 0 radical (unpaired) electrons. The Morgan fingerprint density at radius 2 is 1.48 bits per heavy atom. The first-order chi connectivity index (χ1) is 13.4. The van der Waals surface area contributed by atoms with Gasteiger partial charge in [0.15, 0.2) is 0 Å². The lowest BCUT2D eigenvalue weighted by molar-refractivity contribution is 0.167. The fourth-order valence-corrected chi connectivity index (χ4v) is 4.85. The number of hydrogen-bond donors (Lipinski definition) is 1. The van der Waals surface area contributed by atoms with E-state index in [9.17, 15) is 0 Å². The van der Waals surface area contributed by atoms with Crippen molar-refractivity contribution in [3.63, 3.8) is 0 Å². The third-order valence-electron chi connectivity index (χ3n) is 6.16. The molecule has 0 spiro atoms. The molecule has 0 bridgehead atoms. The SMILES string of the molecule is C=CCC[C@H](c1ccc2ccc3cccc4ccc1c2c34)N1CCNCC1.Cl.Cl. The molecule has 1 fully saturated rings. The second-order valence-electron chi connectivity index (χ2n) is 7.68. The van der Waals surface area contributed by atoms with Crippen LogP contribution in [0.3, 0.4) is 0 Å².